The first kappa shape index (κ1) is 23.8. The van der Waals surface area contributed by atoms with Crippen molar-refractivity contribution in [3.05, 3.63) is 117 Å². The third-order valence-electron chi connectivity index (χ3n) is 5.97. The Balaban J connectivity index is 1.38. The number of thioether (sulfide) groups is 1. The maximum Gasteiger partial charge on any atom is 0.296 e. The predicted molar refractivity (Wildman–Crippen MR) is 149 cm³/mol. The summed E-state index contributed by atoms with van der Waals surface area (Å²) in [6.45, 7) is 2.29. The Labute approximate surface area is 218 Å². The largest absolute Gasteiger partial charge is 0.489 e. The van der Waals surface area contributed by atoms with Gasteiger partial charge in [0.25, 0.3) is 11.5 Å². The topological polar surface area (TPSA) is 56.5 Å². The summed E-state index contributed by atoms with van der Waals surface area (Å²) in [7, 11) is 1.79. The van der Waals surface area contributed by atoms with Gasteiger partial charge in [0.15, 0.2) is 4.32 Å². The molecule has 1 aliphatic rings. The molecule has 0 bridgehead atoms. The van der Waals surface area contributed by atoms with Gasteiger partial charge in [-0.1, -0.05) is 84.6 Å². The van der Waals surface area contributed by atoms with Crippen molar-refractivity contribution in [1.29, 1.82) is 0 Å². The minimum atomic E-state index is -0.305. The second-order valence-corrected chi connectivity index (χ2v) is 9.95. The normalized spacial score (nSPS) is 14.6. The second kappa shape index (κ2) is 10.0. The molecule has 8 heteroatoms. The number of rotatable bonds is 6. The van der Waals surface area contributed by atoms with E-state index < -0.39 is 0 Å². The molecule has 1 saturated heterocycles. The van der Waals surface area contributed by atoms with Gasteiger partial charge < -0.3 is 4.74 Å². The summed E-state index contributed by atoms with van der Waals surface area (Å²) in [6.07, 6.45) is 1.79. The second-order valence-electron chi connectivity index (χ2n) is 8.27. The lowest BCUT2D eigenvalue weighted by molar-refractivity contribution is -0.113. The molecule has 5 rings (SSSR count). The SMILES string of the molecule is Cc1c(N2C(=O)/C(=C/c3ccc(OCc4ccccc4)cc3)SC2=S)c(=O)n(-c2ccccc2)n1C. The molecule has 0 unspecified atom stereocenters. The molecular formula is C28H23N3O3S2. The van der Waals surface area contributed by atoms with Gasteiger partial charge in [0.2, 0.25) is 0 Å². The summed E-state index contributed by atoms with van der Waals surface area (Å²) in [5.41, 5.74) is 3.29. The Hall–Kier alpha value is -3.88. The predicted octanol–water partition coefficient (Wildman–Crippen LogP) is 5.47. The summed E-state index contributed by atoms with van der Waals surface area (Å²) < 4.78 is 9.46. The number of nitrogens with zero attached hydrogens (tertiary/aromatic N) is 3. The van der Waals surface area contributed by atoms with Crippen LogP contribution >= 0.6 is 24.0 Å². The van der Waals surface area contributed by atoms with Crippen molar-refractivity contribution in [2.24, 2.45) is 7.05 Å². The van der Waals surface area contributed by atoms with Gasteiger partial charge >= 0.3 is 0 Å². The van der Waals surface area contributed by atoms with Crippen molar-refractivity contribution >= 4 is 46.0 Å². The van der Waals surface area contributed by atoms with Crippen molar-refractivity contribution in [2.45, 2.75) is 13.5 Å². The lowest BCUT2D eigenvalue weighted by atomic mass is 10.2. The maximum absolute atomic E-state index is 13.4. The van der Waals surface area contributed by atoms with E-state index in [0.29, 0.717) is 21.5 Å². The van der Waals surface area contributed by atoms with E-state index in [4.69, 9.17) is 17.0 Å². The van der Waals surface area contributed by atoms with Crippen molar-refractivity contribution < 1.29 is 9.53 Å². The monoisotopic (exact) mass is 513 g/mol. The average Bonchev–Trinajstić information content (AvgIpc) is 3.29. The molecule has 6 nitrogen and oxygen atoms in total. The van der Waals surface area contributed by atoms with Crippen LogP contribution in [0.2, 0.25) is 0 Å². The maximum atomic E-state index is 13.4. The number of ether oxygens (including phenoxy) is 1. The third-order valence-corrected chi connectivity index (χ3v) is 7.27. The zero-order chi connectivity index (χ0) is 25.2. The van der Waals surface area contributed by atoms with E-state index >= 15 is 0 Å². The molecular weight excluding hydrogens is 490 g/mol. The van der Waals surface area contributed by atoms with E-state index in [0.717, 1.165) is 22.6 Å². The van der Waals surface area contributed by atoms with Gasteiger partial charge in [-0.3, -0.25) is 19.2 Å². The molecule has 0 saturated carbocycles. The standard InChI is InChI=1S/C28H23N3O3S2/c1-19-25(27(33)31(29(19)2)22-11-7-4-8-12-22)30-26(32)24(36-28(30)35)17-20-13-15-23(16-14-20)34-18-21-9-5-3-6-10-21/h3-17H,18H2,1-2H3/b24-17-. The zero-order valence-corrected chi connectivity index (χ0v) is 21.4. The number of carbonyl (C=O) groups is 1. The van der Waals surface area contributed by atoms with Crippen molar-refractivity contribution in [2.75, 3.05) is 4.90 Å². The van der Waals surface area contributed by atoms with Crippen molar-refractivity contribution in [3.8, 4) is 11.4 Å². The smallest absolute Gasteiger partial charge is 0.296 e. The fourth-order valence-corrected chi connectivity index (χ4v) is 5.30. The fourth-order valence-electron chi connectivity index (χ4n) is 4.02. The molecule has 180 valence electrons. The third kappa shape index (κ3) is 4.53. The first-order valence-electron chi connectivity index (χ1n) is 11.3. The van der Waals surface area contributed by atoms with Crippen LogP contribution < -0.4 is 15.2 Å². The number of benzene rings is 3. The molecule has 4 aromatic rings. The van der Waals surface area contributed by atoms with Crippen molar-refractivity contribution in [3.63, 3.8) is 0 Å². The van der Waals surface area contributed by atoms with E-state index in [9.17, 15) is 9.59 Å². The molecule has 0 radical (unpaired) electrons. The minimum absolute atomic E-state index is 0.275. The van der Waals surface area contributed by atoms with E-state index in [1.807, 2.05) is 91.9 Å². The molecule has 0 aliphatic carbocycles. The van der Waals surface area contributed by atoms with Crippen LogP contribution in [0.1, 0.15) is 16.8 Å². The number of aromatic nitrogens is 2. The number of hydrogen-bond acceptors (Lipinski definition) is 5. The number of para-hydroxylation sites is 1. The zero-order valence-electron chi connectivity index (χ0n) is 19.8. The van der Waals surface area contributed by atoms with Gasteiger partial charge in [-0.15, -0.1) is 0 Å². The van der Waals surface area contributed by atoms with E-state index in [1.165, 1.54) is 16.7 Å². The highest BCUT2D eigenvalue weighted by Gasteiger charge is 2.37. The lowest BCUT2D eigenvalue weighted by Crippen LogP contribution is -2.33. The Morgan fingerprint density at radius 3 is 2.22 bits per heavy atom. The number of hydrogen-bond donors (Lipinski definition) is 0. The van der Waals surface area contributed by atoms with Gasteiger partial charge in [-0.2, -0.15) is 0 Å². The van der Waals surface area contributed by atoms with Crippen LogP contribution in [0.15, 0.2) is 94.6 Å². The molecule has 0 spiro atoms. The molecule has 1 aromatic heterocycles. The molecule has 0 N–H and O–H groups in total. The van der Waals surface area contributed by atoms with Gasteiger partial charge in [0.1, 0.15) is 18.0 Å². The van der Waals surface area contributed by atoms with Crippen LogP contribution in [-0.4, -0.2) is 19.6 Å². The van der Waals surface area contributed by atoms with Gasteiger partial charge in [-0.25, -0.2) is 4.68 Å². The number of amides is 1. The van der Waals surface area contributed by atoms with Crippen LogP contribution in [-0.2, 0) is 18.4 Å². The first-order valence-corrected chi connectivity index (χ1v) is 12.6. The average molecular weight is 514 g/mol. The van der Waals surface area contributed by atoms with E-state index in [2.05, 4.69) is 0 Å². The highest BCUT2D eigenvalue weighted by molar-refractivity contribution is 8.27. The molecule has 0 atom stereocenters. The molecule has 1 amide bonds. The molecule has 36 heavy (non-hydrogen) atoms. The van der Waals surface area contributed by atoms with E-state index in [-0.39, 0.29) is 17.2 Å². The highest BCUT2D eigenvalue weighted by atomic mass is 32.2. The van der Waals surface area contributed by atoms with E-state index in [1.54, 1.807) is 22.5 Å². The van der Waals surface area contributed by atoms with Crippen LogP contribution in [0, 0.1) is 6.92 Å². The van der Waals surface area contributed by atoms with Gasteiger partial charge in [-0.05, 0) is 48.4 Å². The van der Waals surface area contributed by atoms with Gasteiger partial charge in [0, 0.05) is 7.05 Å². The Kier molecular flexibility index (Phi) is 6.63. The molecule has 1 aliphatic heterocycles. The van der Waals surface area contributed by atoms with Crippen LogP contribution in [0.4, 0.5) is 5.69 Å². The molecule has 2 heterocycles. The fraction of sp³-hybridized carbons (Fsp3) is 0.107. The summed E-state index contributed by atoms with van der Waals surface area (Å²) in [5, 5.41) is 0. The van der Waals surface area contributed by atoms with Crippen LogP contribution in [0.25, 0.3) is 11.8 Å². The first-order chi connectivity index (χ1) is 17.4. The molecule has 3 aromatic carbocycles. The minimum Gasteiger partial charge on any atom is -0.489 e. The summed E-state index contributed by atoms with van der Waals surface area (Å²) >= 11 is 6.72. The van der Waals surface area contributed by atoms with Crippen LogP contribution in [0.3, 0.4) is 0 Å². The molecule has 1 fully saturated rings. The quantitative estimate of drug-likeness (QED) is 0.253. The number of thiocarbonyl (C=S) groups is 1. The van der Waals surface area contributed by atoms with Gasteiger partial charge in [0.05, 0.1) is 16.3 Å². The Morgan fingerprint density at radius 2 is 1.56 bits per heavy atom. The highest BCUT2D eigenvalue weighted by Crippen LogP contribution is 2.36. The van der Waals surface area contributed by atoms with Crippen molar-refractivity contribution in [1.82, 2.24) is 9.36 Å². The Morgan fingerprint density at radius 1 is 0.917 bits per heavy atom. The summed E-state index contributed by atoms with van der Waals surface area (Å²) in [5.74, 6) is 0.436. The number of anilines is 1. The van der Waals surface area contributed by atoms with Crippen LogP contribution in [0.5, 0.6) is 5.75 Å². The summed E-state index contributed by atoms with van der Waals surface area (Å²) in [4.78, 5) is 28.6. The number of carbonyl (C=O) groups excluding carboxylic acids is 1. The Bertz CT molecular complexity index is 1520. The summed E-state index contributed by atoms with van der Waals surface area (Å²) in [6, 6.07) is 26.8. The lowest BCUT2D eigenvalue weighted by Gasteiger charge is -2.12.